The topological polar surface area (TPSA) is 102 Å². The smallest absolute Gasteiger partial charge is 0.257 e. The van der Waals surface area contributed by atoms with Crippen molar-refractivity contribution in [2.75, 3.05) is 23.2 Å². The van der Waals surface area contributed by atoms with Crippen molar-refractivity contribution in [3.05, 3.63) is 66.2 Å². The number of nitrogens with zero attached hydrogens (tertiary/aromatic N) is 2. The Hall–Kier alpha value is -3.63. The number of fused-ring (bicyclic) bond motifs is 2. The molecule has 0 bridgehead atoms. The average molecular weight is 465 g/mol. The Kier molecular flexibility index (Phi) is 5.61. The number of benzene rings is 3. The Morgan fingerprint density at radius 2 is 1.81 bits per heavy atom. The zero-order valence-electron chi connectivity index (χ0n) is 16.5. The summed E-state index contributed by atoms with van der Waals surface area (Å²) < 4.78 is 11.1. The van der Waals surface area contributed by atoms with Crippen LogP contribution < -0.4 is 20.1 Å². The number of hydrogen-bond donors (Lipinski definition) is 2. The van der Waals surface area contributed by atoms with Crippen LogP contribution in [0.5, 0.6) is 11.5 Å². The number of aromatic nitrogens is 2. The molecule has 3 aromatic carbocycles. The molecule has 0 saturated heterocycles. The third-order valence-electron chi connectivity index (χ3n) is 4.65. The summed E-state index contributed by atoms with van der Waals surface area (Å²) in [5.41, 5.74) is 1.19. The van der Waals surface area contributed by atoms with Crippen LogP contribution in [0.15, 0.2) is 65.0 Å². The predicted octanol–water partition coefficient (Wildman–Crippen LogP) is 4.40. The van der Waals surface area contributed by atoms with Crippen molar-refractivity contribution in [3.8, 4) is 11.5 Å². The summed E-state index contributed by atoms with van der Waals surface area (Å²) >= 11 is 2.46. The average Bonchev–Trinajstić information content (AvgIpc) is 3.46. The van der Waals surface area contributed by atoms with Crippen LogP contribution in [0.1, 0.15) is 10.4 Å². The predicted molar refractivity (Wildman–Crippen MR) is 124 cm³/mol. The van der Waals surface area contributed by atoms with Gasteiger partial charge in [-0.05, 0) is 29.7 Å². The first-order chi connectivity index (χ1) is 15.7. The van der Waals surface area contributed by atoms with Crippen LogP contribution in [0.3, 0.4) is 0 Å². The number of amides is 2. The number of carbonyl (C=O) groups excluding carboxylic acids is 2. The minimum Gasteiger partial charge on any atom is -0.454 e. The lowest BCUT2D eigenvalue weighted by atomic mass is 10.1. The van der Waals surface area contributed by atoms with Crippen molar-refractivity contribution in [2.24, 2.45) is 0 Å². The van der Waals surface area contributed by atoms with Crippen molar-refractivity contribution in [1.82, 2.24) is 10.2 Å². The molecule has 0 spiro atoms. The highest BCUT2D eigenvalue weighted by Crippen LogP contribution is 2.33. The zero-order valence-corrected chi connectivity index (χ0v) is 18.2. The monoisotopic (exact) mass is 464 g/mol. The molecule has 1 aromatic heterocycles. The number of rotatable bonds is 6. The van der Waals surface area contributed by atoms with Crippen LogP contribution in [-0.2, 0) is 4.79 Å². The summed E-state index contributed by atoms with van der Waals surface area (Å²) in [6.45, 7) is 0.144. The molecule has 0 saturated carbocycles. The van der Waals surface area contributed by atoms with Gasteiger partial charge in [-0.3, -0.25) is 14.9 Å². The van der Waals surface area contributed by atoms with E-state index in [0.29, 0.717) is 26.5 Å². The van der Waals surface area contributed by atoms with Crippen LogP contribution in [0.4, 0.5) is 10.8 Å². The fourth-order valence-electron chi connectivity index (χ4n) is 3.17. The van der Waals surface area contributed by atoms with Crippen molar-refractivity contribution < 1.29 is 19.1 Å². The number of ether oxygens (including phenoxy) is 2. The molecule has 0 unspecified atom stereocenters. The van der Waals surface area contributed by atoms with Gasteiger partial charge in [0.25, 0.3) is 5.91 Å². The molecule has 32 heavy (non-hydrogen) atoms. The molecule has 1 aliphatic heterocycles. The van der Waals surface area contributed by atoms with Gasteiger partial charge in [-0.1, -0.05) is 59.5 Å². The highest BCUT2D eigenvalue weighted by atomic mass is 32.2. The summed E-state index contributed by atoms with van der Waals surface area (Å²) in [6, 6.07) is 18.6. The first kappa shape index (κ1) is 20.3. The second-order valence-electron chi connectivity index (χ2n) is 6.76. The van der Waals surface area contributed by atoms with E-state index < -0.39 is 0 Å². The third kappa shape index (κ3) is 4.36. The van der Waals surface area contributed by atoms with Gasteiger partial charge in [-0.15, -0.1) is 10.2 Å². The molecule has 2 amide bonds. The molecule has 2 N–H and O–H groups in total. The van der Waals surface area contributed by atoms with Crippen LogP contribution in [-0.4, -0.2) is 34.6 Å². The van der Waals surface area contributed by atoms with Gasteiger partial charge in [-0.25, -0.2) is 0 Å². The van der Waals surface area contributed by atoms with Crippen molar-refractivity contribution in [1.29, 1.82) is 0 Å². The van der Waals surface area contributed by atoms with Crippen molar-refractivity contribution in [3.63, 3.8) is 0 Å². The van der Waals surface area contributed by atoms with Gasteiger partial charge in [-0.2, -0.15) is 0 Å². The Morgan fingerprint density at radius 3 is 2.75 bits per heavy atom. The van der Waals surface area contributed by atoms with Gasteiger partial charge in [0.05, 0.1) is 5.75 Å². The molecular formula is C22H16N4O4S2. The lowest BCUT2D eigenvalue weighted by Gasteiger charge is -2.08. The Morgan fingerprint density at radius 1 is 0.969 bits per heavy atom. The van der Waals surface area contributed by atoms with Gasteiger partial charge in [0.15, 0.2) is 15.8 Å². The molecule has 0 atom stereocenters. The van der Waals surface area contributed by atoms with Crippen molar-refractivity contribution >= 4 is 56.5 Å². The maximum absolute atomic E-state index is 12.5. The lowest BCUT2D eigenvalue weighted by molar-refractivity contribution is -0.113. The minimum absolute atomic E-state index is 0.144. The summed E-state index contributed by atoms with van der Waals surface area (Å²) in [7, 11) is 0. The molecule has 1 aliphatic rings. The summed E-state index contributed by atoms with van der Waals surface area (Å²) in [4.78, 5) is 24.9. The number of thioether (sulfide) groups is 1. The lowest BCUT2D eigenvalue weighted by Crippen LogP contribution is -2.14. The fraction of sp³-hybridized carbons (Fsp3) is 0.0909. The van der Waals surface area contributed by atoms with Crippen LogP contribution in [0.25, 0.3) is 10.8 Å². The third-order valence-corrected chi connectivity index (χ3v) is 6.62. The van der Waals surface area contributed by atoms with Crippen molar-refractivity contribution in [2.45, 2.75) is 4.34 Å². The molecule has 0 aliphatic carbocycles. The van der Waals surface area contributed by atoms with Gasteiger partial charge >= 0.3 is 0 Å². The second-order valence-corrected chi connectivity index (χ2v) is 8.96. The molecule has 160 valence electrons. The van der Waals surface area contributed by atoms with Gasteiger partial charge in [0.1, 0.15) is 0 Å². The van der Waals surface area contributed by atoms with Crippen LogP contribution in [0.2, 0.25) is 0 Å². The molecule has 5 rings (SSSR count). The SMILES string of the molecule is O=C(CSc1nnc(NC(=O)c2ccc3c(c2)OCO3)s1)Nc1cccc2ccccc12. The van der Waals surface area contributed by atoms with E-state index in [1.165, 1.54) is 23.1 Å². The first-order valence-electron chi connectivity index (χ1n) is 9.61. The van der Waals surface area contributed by atoms with E-state index >= 15 is 0 Å². The normalized spacial score (nSPS) is 12.0. The molecule has 2 heterocycles. The number of nitrogens with one attached hydrogen (secondary N) is 2. The summed E-state index contributed by atoms with van der Waals surface area (Å²) in [5.74, 6) is 0.840. The maximum Gasteiger partial charge on any atom is 0.257 e. The van der Waals surface area contributed by atoms with E-state index in [4.69, 9.17) is 9.47 Å². The molecule has 0 radical (unpaired) electrons. The highest BCUT2D eigenvalue weighted by molar-refractivity contribution is 8.01. The number of carbonyl (C=O) groups is 2. The zero-order chi connectivity index (χ0) is 21.9. The van der Waals surface area contributed by atoms with E-state index in [-0.39, 0.29) is 24.4 Å². The fourth-order valence-corrected chi connectivity index (χ4v) is 4.72. The van der Waals surface area contributed by atoms with Gasteiger partial charge in [0, 0.05) is 16.6 Å². The van der Waals surface area contributed by atoms with E-state index in [1.807, 2.05) is 42.5 Å². The minimum atomic E-state index is -0.329. The van der Waals surface area contributed by atoms with E-state index in [1.54, 1.807) is 18.2 Å². The quantitative estimate of drug-likeness (QED) is 0.322. The highest BCUT2D eigenvalue weighted by Gasteiger charge is 2.17. The van der Waals surface area contributed by atoms with Gasteiger partial charge < -0.3 is 14.8 Å². The molecule has 0 fully saturated rings. The van der Waals surface area contributed by atoms with Crippen LogP contribution in [0, 0.1) is 0 Å². The maximum atomic E-state index is 12.5. The van der Waals surface area contributed by atoms with E-state index in [2.05, 4.69) is 20.8 Å². The molecule has 10 heteroatoms. The largest absolute Gasteiger partial charge is 0.454 e. The van der Waals surface area contributed by atoms with E-state index in [0.717, 1.165) is 16.5 Å². The Balaban J connectivity index is 1.17. The van der Waals surface area contributed by atoms with E-state index in [9.17, 15) is 9.59 Å². The number of hydrogen-bond acceptors (Lipinski definition) is 8. The Bertz CT molecular complexity index is 1320. The standard InChI is InChI=1S/C22H16N4O4S2/c27-19(23-16-7-3-5-13-4-1-2-6-15(13)16)11-31-22-26-25-21(32-22)24-20(28)14-8-9-17-18(10-14)30-12-29-17/h1-10H,11-12H2,(H,23,27)(H,24,25,28). The molecule has 8 nitrogen and oxygen atoms in total. The Labute approximate surface area is 191 Å². The first-order valence-corrected chi connectivity index (χ1v) is 11.4. The van der Waals surface area contributed by atoms with Gasteiger partial charge in [0.2, 0.25) is 17.8 Å². The molecular weight excluding hydrogens is 448 g/mol. The number of anilines is 2. The second kappa shape index (κ2) is 8.85. The summed E-state index contributed by atoms with van der Waals surface area (Å²) in [6.07, 6.45) is 0. The van der Waals surface area contributed by atoms with Crippen LogP contribution >= 0.6 is 23.1 Å². The molecule has 4 aromatic rings. The summed E-state index contributed by atoms with van der Waals surface area (Å²) in [5, 5.41) is 16.1.